The molecule has 0 saturated carbocycles. The fourth-order valence-electron chi connectivity index (χ4n) is 3.50. The van der Waals surface area contributed by atoms with E-state index < -0.39 is 11.2 Å². The maximum Gasteiger partial charge on any atom is 0.328 e. The van der Waals surface area contributed by atoms with E-state index in [4.69, 9.17) is 0 Å². The Labute approximate surface area is 164 Å². The summed E-state index contributed by atoms with van der Waals surface area (Å²) in [4.78, 5) is 40.1. The zero-order chi connectivity index (χ0) is 20.3. The topological polar surface area (TPSA) is 87.2 Å². The average molecular weight is 384 g/mol. The van der Waals surface area contributed by atoms with Crippen molar-refractivity contribution >= 4 is 11.6 Å². The molecule has 1 unspecified atom stereocenters. The number of benzene rings is 1. The second-order valence-corrected chi connectivity index (χ2v) is 7.80. The molecule has 0 spiro atoms. The number of carbonyl (C=O) groups excluding carboxylic acids is 1. The van der Waals surface area contributed by atoms with E-state index >= 15 is 0 Å². The molecule has 1 amide bonds. The smallest absolute Gasteiger partial charge is 0.328 e. The Bertz CT molecular complexity index is 943. The lowest BCUT2D eigenvalue weighted by Crippen LogP contribution is -2.47. The molecule has 7 nitrogen and oxygen atoms in total. The van der Waals surface area contributed by atoms with Crippen LogP contribution in [0.15, 0.2) is 40.1 Å². The number of carbonyl (C=O) groups is 1. The predicted molar refractivity (Wildman–Crippen MR) is 110 cm³/mol. The van der Waals surface area contributed by atoms with Crippen LogP contribution in [0.3, 0.4) is 0 Å². The number of hydrogen-bond acceptors (Lipinski definition) is 4. The largest absolute Gasteiger partial charge is 0.381 e. The van der Waals surface area contributed by atoms with Crippen LogP contribution in [-0.2, 0) is 11.3 Å². The first-order valence-corrected chi connectivity index (χ1v) is 9.78. The summed E-state index contributed by atoms with van der Waals surface area (Å²) in [5, 5.41) is 3.51. The summed E-state index contributed by atoms with van der Waals surface area (Å²) in [6.45, 7) is 7.17. The molecular weight excluding hydrogens is 356 g/mol. The van der Waals surface area contributed by atoms with E-state index in [2.05, 4.69) is 48.4 Å². The molecule has 1 atom stereocenters. The molecule has 1 aromatic carbocycles. The van der Waals surface area contributed by atoms with Gasteiger partial charge in [0.2, 0.25) is 5.91 Å². The molecule has 2 N–H and O–H groups in total. The monoisotopic (exact) mass is 384 g/mol. The van der Waals surface area contributed by atoms with Crippen molar-refractivity contribution in [1.29, 1.82) is 0 Å². The summed E-state index contributed by atoms with van der Waals surface area (Å²) in [6, 6.07) is 8.60. The van der Waals surface area contributed by atoms with E-state index in [1.807, 2.05) is 0 Å². The standard InChI is InChI=1S/C21H28N4O3/c1-14(2)16-6-8-17(9-7-16)22-18-5-4-10-24(12-18)19(26)13-25-11-15(3)20(27)23-21(25)28/h6-9,11,14,18,22H,4-5,10,12-13H2,1-3H3,(H,23,27,28). The first-order chi connectivity index (χ1) is 13.3. The van der Waals surface area contributed by atoms with Gasteiger partial charge < -0.3 is 10.2 Å². The van der Waals surface area contributed by atoms with Gasteiger partial charge in [-0.1, -0.05) is 26.0 Å². The SMILES string of the molecule is Cc1cn(CC(=O)N2CCCC(Nc3ccc(C(C)C)cc3)C2)c(=O)[nH]c1=O. The number of likely N-dealkylation sites (tertiary alicyclic amines) is 1. The van der Waals surface area contributed by atoms with Gasteiger partial charge in [-0.05, 0) is 43.4 Å². The summed E-state index contributed by atoms with van der Waals surface area (Å²) in [7, 11) is 0. The van der Waals surface area contributed by atoms with Crippen LogP contribution in [0.25, 0.3) is 0 Å². The number of hydrogen-bond donors (Lipinski definition) is 2. The van der Waals surface area contributed by atoms with E-state index in [-0.39, 0.29) is 18.5 Å². The van der Waals surface area contributed by atoms with E-state index in [1.165, 1.54) is 16.3 Å². The maximum absolute atomic E-state index is 12.7. The Morgan fingerprint density at radius 3 is 2.64 bits per heavy atom. The molecule has 0 radical (unpaired) electrons. The molecule has 1 fully saturated rings. The van der Waals surface area contributed by atoms with Gasteiger partial charge in [0, 0.05) is 36.6 Å². The van der Waals surface area contributed by atoms with Crippen molar-refractivity contribution in [2.75, 3.05) is 18.4 Å². The van der Waals surface area contributed by atoms with Crippen LogP contribution in [0.2, 0.25) is 0 Å². The first-order valence-electron chi connectivity index (χ1n) is 9.78. The Morgan fingerprint density at radius 2 is 1.96 bits per heavy atom. The predicted octanol–water partition coefficient (Wildman–Crippen LogP) is 2.07. The van der Waals surface area contributed by atoms with Crippen LogP contribution in [0.4, 0.5) is 5.69 Å². The zero-order valence-electron chi connectivity index (χ0n) is 16.7. The highest BCUT2D eigenvalue weighted by Crippen LogP contribution is 2.20. The number of aromatic nitrogens is 2. The Kier molecular flexibility index (Phi) is 6.02. The van der Waals surface area contributed by atoms with Crippen LogP contribution in [0.5, 0.6) is 0 Å². The summed E-state index contributed by atoms with van der Waals surface area (Å²) in [5.74, 6) is 0.381. The number of anilines is 1. The first kappa shape index (κ1) is 19.9. The summed E-state index contributed by atoms with van der Waals surface area (Å²) in [6.07, 6.45) is 3.34. The molecular formula is C21H28N4O3. The van der Waals surface area contributed by atoms with E-state index in [0.717, 1.165) is 18.5 Å². The molecule has 150 valence electrons. The molecule has 28 heavy (non-hydrogen) atoms. The number of aromatic amines is 1. The normalized spacial score (nSPS) is 17.0. The van der Waals surface area contributed by atoms with Gasteiger partial charge in [0.25, 0.3) is 5.56 Å². The number of nitrogens with zero attached hydrogens (tertiary/aromatic N) is 2. The molecule has 2 heterocycles. The third kappa shape index (κ3) is 4.71. The van der Waals surface area contributed by atoms with Gasteiger partial charge in [0.05, 0.1) is 0 Å². The highest BCUT2D eigenvalue weighted by Gasteiger charge is 2.24. The van der Waals surface area contributed by atoms with Gasteiger partial charge in [-0.15, -0.1) is 0 Å². The van der Waals surface area contributed by atoms with Crippen LogP contribution in [0, 0.1) is 6.92 Å². The summed E-state index contributed by atoms with van der Waals surface area (Å²) in [5.41, 5.74) is 1.79. The minimum absolute atomic E-state index is 0.0632. The van der Waals surface area contributed by atoms with Gasteiger partial charge in [-0.2, -0.15) is 0 Å². The highest BCUT2D eigenvalue weighted by atomic mass is 16.2. The Balaban J connectivity index is 1.62. The number of amides is 1. The third-order valence-electron chi connectivity index (χ3n) is 5.22. The number of piperidine rings is 1. The van der Waals surface area contributed by atoms with Crippen molar-refractivity contribution in [1.82, 2.24) is 14.5 Å². The van der Waals surface area contributed by atoms with Crippen molar-refractivity contribution in [2.45, 2.75) is 52.1 Å². The number of rotatable bonds is 5. The average Bonchev–Trinajstić information content (AvgIpc) is 2.66. The van der Waals surface area contributed by atoms with Crippen molar-refractivity contribution < 1.29 is 4.79 Å². The third-order valence-corrected chi connectivity index (χ3v) is 5.22. The fourth-order valence-corrected chi connectivity index (χ4v) is 3.50. The minimum Gasteiger partial charge on any atom is -0.381 e. The van der Waals surface area contributed by atoms with Crippen molar-refractivity contribution in [3.63, 3.8) is 0 Å². The lowest BCUT2D eigenvalue weighted by atomic mass is 10.0. The Hall–Kier alpha value is -2.83. The summed E-state index contributed by atoms with van der Waals surface area (Å²) < 4.78 is 1.26. The van der Waals surface area contributed by atoms with E-state index in [9.17, 15) is 14.4 Å². The van der Waals surface area contributed by atoms with Crippen LogP contribution < -0.4 is 16.6 Å². The second kappa shape index (κ2) is 8.46. The van der Waals surface area contributed by atoms with E-state index in [0.29, 0.717) is 24.6 Å². The molecule has 3 rings (SSSR count). The molecule has 0 aliphatic carbocycles. The number of aryl methyl sites for hydroxylation is 1. The minimum atomic E-state index is -0.555. The zero-order valence-corrected chi connectivity index (χ0v) is 16.7. The molecule has 1 saturated heterocycles. The molecule has 1 aromatic heterocycles. The second-order valence-electron chi connectivity index (χ2n) is 7.80. The maximum atomic E-state index is 12.7. The van der Waals surface area contributed by atoms with Gasteiger partial charge in [0.15, 0.2) is 0 Å². The van der Waals surface area contributed by atoms with Gasteiger partial charge in [0.1, 0.15) is 6.54 Å². The number of H-pyrrole nitrogens is 1. The molecule has 1 aliphatic rings. The number of nitrogens with one attached hydrogen (secondary N) is 2. The lowest BCUT2D eigenvalue weighted by Gasteiger charge is -2.34. The van der Waals surface area contributed by atoms with Gasteiger partial charge in [-0.3, -0.25) is 19.1 Å². The van der Waals surface area contributed by atoms with Crippen molar-refractivity contribution in [3.05, 3.63) is 62.4 Å². The molecule has 2 aromatic rings. The van der Waals surface area contributed by atoms with E-state index in [1.54, 1.807) is 11.8 Å². The van der Waals surface area contributed by atoms with Gasteiger partial charge in [-0.25, -0.2) is 4.79 Å². The summed E-state index contributed by atoms with van der Waals surface area (Å²) >= 11 is 0. The molecule has 1 aliphatic heterocycles. The van der Waals surface area contributed by atoms with Crippen molar-refractivity contribution in [3.8, 4) is 0 Å². The quantitative estimate of drug-likeness (QED) is 0.826. The highest BCUT2D eigenvalue weighted by molar-refractivity contribution is 5.76. The van der Waals surface area contributed by atoms with Crippen LogP contribution >= 0.6 is 0 Å². The Morgan fingerprint density at radius 1 is 1.25 bits per heavy atom. The fraction of sp³-hybridized carbons (Fsp3) is 0.476. The lowest BCUT2D eigenvalue weighted by molar-refractivity contribution is -0.133. The van der Waals surface area contributed by atoms with Crippen LogP contribution in [0.1, 0.15) is 43.7 Å². The molecule has 7 heteroatoms. The van der Waals surface area contributed by atoms with Gasteiger partial charge >= 0.3 is 5.69 Å². The van der Waals surface area contributed by atoms with Crippen molar-refractivity contribution in [2.24, 2.45) is 0 Å². The molecule has 0 bridgehead atoms. The van der Waals surface area contributed by atoms with Crippen LogP contribution in [-0.4, -0.2) is 39.5 Å².